The van der Waals surface area contributed by atoms with Crippen molar-refractivity contribution in [3.05, 3.63) is 28.0 Å². The van der Waals surface area contributed by atoms with Crippen LogP contribution in [0.4, 0.5) is 0 Å². The first-order valence-corrected chi connectivity index (χ1v) is 6.18. The van der Waals surface area contributed by atoms with E-state index in [1.54, 1.807) is 0 Å². The maximum Gasteiger partial charge on any atom is 0.349 e. The third kappa shape index (κ3) is 3.60. The molecule has 0 saturated carbocycles. The lowest BCUT2D eigenvalue weighted by atomic mass is 9.95. The maximum atomic E-state index is 11.1. The van der Waals surface area contributed by atoms with Crippen molar-refractivity contribution in [1.82, 2.24) is 0 Å². The van der Waals surface area contributed by atoms with Gasteiger partial charge in [0.1, 0.15) is 12.4 Å². The van der Waals surface area contributed by atoms with E-state index < -0.39 is 5.97 Å². The van der Waals surface area contributed by atoms with Gasteiger partial charge in [0.05, 0.1) is 0 Å². The predicted octanol–water partition coefficient (Wildman–Crippen LogP) is 3.70. The molecule has 0 amide bonds. The van der Waals surface area contributed by atoms with E-state index >= 15 is 0 Å². The number of carbonyl (C=O) groups is 1. The molecule has 0 bridgehead atoms. The summed E-state index contributed by atoms with van der Waals surface area (Å²) >= 11 is 1.27. The van der Waals surface area contributed by atoms with E-state index in [0.29, 0.717) is 12.4 Å². The number of carboxylic acids is 1. The topological polar surface area (TPSA) is 46.5 Å². The Labute approximate surface area is 106 Å². The van der Waals surface area contributed by atoms with E-state index in [4.69, 9.17) is 9.84 Å². The fraction of sp³-hybridized carbons (Fsp3) is 0.462. The smallest absolute Gasteiger partial charge is 0.349 e. The Balaban J connectivity index is 3.06. The van der Waals surface area contributed by atoms with Gasteiger partial charge in [-0.25, -0.2) is 4.79 Å². The van der Waals surface area contributed by atoms with Gasteiger partial charge in [-0.15, -0.1) is 11.3 Å². The van der Waals surface area contributed by atoms with Crippen LogP contribution in [0, 0.1) is 0 Å². The highest BCUT2D eigenvalue weighted by atomic mass is 32.1. The Bertz CT molecular complexity index is 438. The van der Waals surface area contributed by atoms with Crippen molar-refractivity contribution in [2.45, 2.75) is 33.1 Å². The van der Waals surface area contributed by atoms with Crippen molar-refractivity contribution < 1.29 is 14.6 Å². The van der Waals surface area contributed by atoms with Crippen LogP contribution < -0.4 is 4.74 Å². The van der Waals surface area contributed by atoms with Crippen LogP contribution in [0.3, 0.4) is 0 Å². The van der Waals surface area contributed by atoms with Gasteiger partial charge in [-0.2, -0.15) is 0 Å². The summed E-state index contributed by atoms with van der Waals surface area (Å²) in [6, 6.07) is 1.82. The number of rotatable bonds is 4. The summed E-state index contributed by atoms with van der Waals surface area (Å²) in [4.78, 5) is 12.4. The van der Waals surface area contributed by atoms with Crippen molar-refractivity contribution in [3.63, 3.8) is 0 Å². The minimum atomic E-state index is -0.942. The van der Waals surface area contributed by atoms with Crippen LogP contribution in [0.5, 0.6) is 5.75 Å². The summed E-state index contributed by atoms with van der Waals surface area (Å²) in [5, 5.41) is 9.12. The third-order valence-corrected chi connectivity index (χ3v) is 3.64. The van der Waals surface area contributed by atoms with Crippen molar-refractivity contribution in [2.75, 3.05) is 6.61 Å². The molecular formula is C13H18O3S. The first kappa shape index (κ1) is 13.8. The summed E-state index contributed by atoms with van der Waals surface area (Å²) in [5.74, 6) is -0.502. The molecule has 1 rings (SSSR count). The van der Waals surface area contributed by atoms with Crippen LogP contribution in [-0.4, -0.2) is 17.7 Å². The Hall–Kier alpha value is -1.29. The monoisotopic (exact) mass is 254 g/mol. The largest absolute Gasteiger partial charge is 0.487 e. The molecule has 0 spiro atoms. The molecule has 3 nitrogen and oxygen atoms in total. The molecule has 1 heterocycles. The van der Waals surface area contributed by atoms with E-state index in [1.807, 2.05) is 33.8 Å². The number of aromatic carboxylic acids is 1. The minimum absolute atomic E-state index is 0.0697. The number of carboxylic acid groups (broad SMARTS) is 1. The summed E-state index contributed by atoms with van der Waals surface area (Å²) in [6.07, 6.45) is 0. The van der Waals surface area contributed by atoms with Crippen molar-refractivity contribution in [1.29, 1.82) is 0 Å². The first-order valence-electron chi connectivity index (χ1n) is 5.36. The molecule has 0 saturated heterocycles. The average molecular weight is 254 g/mol. The van der Waals surface area contributed by atoms with Crippen molar-refractivity contribution in [2.24, 2.45) is 0 Å². The molecule has 1 aromatic heterocycles. The lowest BCUT2D eigenvalue weighted by Crippen LogP contribution is -2.08. The van der Waals surface area contributed by atoms with E-state index in [0.717, 1.165) is 10.5 Å². The Morgan fingerprint density at radius 2 is 2.12 bits per heavy atom. The zero-order valence-electron chi connectivity index (χ0n) is 10.7. The Morgan fingerprint density at radius 3 is 2.53 bits per heavy atom. The van der Waals surface area contributed by atoms with Gasteiger partial charge in [0, 0.05) is 4.88 Å². The number of hydrogen-bond acceptors (Lipinski definition) is 3. The molecule has 4 heteroatoms. The van der Waals surface area contributed by atoms with Gasteiger partial charge in [0.15, 0.2) is 4.88 Å². The van der Waals surface area contributed by atoms with Gasteiger partial charge < -0.3 is 9.84 Å². The van der Waals surface area contributed by atoms with Gasteiger partial charge in [0.25, 0.3) is 0 Å². The highest BCUT2D eigenvalue weighted by Crippen LogP contribution is 2.36. The lowest BCUT2D eigenvalue weighted by Gasteiger charge is -2.14. The fourth-order valence-electron chi connectivity index (χ4n) is 1.20. The molecular weight excluding hydrogens is 236 g/mol. The van der Waals surface area contributed by atoms with Crippen LogP contribution in [0.2, 0.25) is 0 Å². The second-order valence-corrected chi connectivity index (χ2v) is 6.16. The van der Waals surface area contributed by atoms with Gasteiger partial charge in [0.2, 0.25) is 0 Å². The van der Waals surface area contributed by atoms with Gasteiger partial charge in [-0.3, -0.25) is 0 Å². The minimum Gasteiger partial charge on any atom is -0.487 e. The summed E-state index contributed by atoms with van der Waals surface area (Å²) in [5.41, 5.74) is 0.796. The van der Waals surface area contributed by atoms with E-state index in [-0.39, 0.29) is 10.3 Å². The normalized spacial score (nSPS) is 11.3. The van der Waals surface area contributed by atoms with Gasteiger partial charge in [-0.05, 0) is 24.0 Å². The highest BCUT2D eigenvalue weighted by molar-refractivity contribution is 7.14. The standard InChI is InChI=1S/C13H18O3S/c1-8(2)7-16-9-6-10(13(3,4)5)17-11(9)12(14)15/h6H,1,7H2,2-5H3,(H,14,15). The predicted molar refractivity (Wildman–Crippen MR) is 70.3 cm³/mol. The summed E-state index contributed by atoms with van der Waals surface area (Å²) < 4.78 is 5.47. The fourth-order valence-corrected chi connectivity index (χ4v) is 2.20. The number of ether oxygens (including phenoxy) is 1. The van der Waals surface area contributed by atoms with Crippen LogP contribution in [0.1, 0.15) is 42.2 Å². The molecule has 0 aliphatic rings. The number of thiophene rings is 1. The van der Waals surface area contributed by atoms with E-state index in [2.05, 4.69) is 6.58 Å². The Kier molecular flexibility index (Phi) is 3.98. The van der Waals surface area contributed by atoms with Crippen molar-refractivity contribution in [3.8, 4) is 5.75 Å². The SMILES string of the molecule is C=C(C)COc1cc(C(C)(C)C)sc1C(=O)O. The molecule has 1 N–H and O–H groups in total. The molecule has 94 valence electrons. The molecule has 0 fully saturated rings. The molecule has 17 heavy (non-hydrogen) atoms. The maximum absolute atomic E-state index is 11.1. The molecule has 0 atom stereocenters. The summed E-state index contributed by atoms with van der Waals surface area (Å²) in [6.45, 7) is 12.1. The quantitative estimate of drug-likeness (QED) is 0.833. The van der Waals surface area contributed by atoms with Crippen LogP contribution in [-0.2, 0) is 5.41 Å². The molecule has 0 unspecified atom stereocenters. The van der Waals surface area contributed by atoms with E-state index in [9.17, 15) is 4.79 Å². The molecule has 0 radical (unpaired) electrons. The molecule has 0 aromatic carbocycles. The third-order valence-electron chi connectivity index (χ3n) is 2.11. The molecule has 0 aliphatic carbocycles. The Morgan fingerprint density at radius 1 is 1.53 bits per heavy atom. The average Bonchev–Trinajstić information content (AvgIpc) is 2.57. The lowest BCUT2D eigenvalue weighted by molar-refractivity contribution is 0.0698. The molecule has 0 aliphatic heterocycles. The zero-order valence-corrected chi connectivity index (χ0v) is 11.5. The number of hydrogen-bond donors (Lipinski definition) is 1. The molecule has 1 aromatic rings. The summed E-state index contributed by atoms with van der Waals surface area (Å²) in [7, 11) is 0. The van der Waals surface area contributed by atoms with Gasteiger partial charge in [-0.1, -0.05) is 27.4 Å². The van der Waals surface area contributed by atoms with Crippen molar-refractivity contribution >= 4 is 17.3 Å². The van der Waals surface area contributed by atoms with Crippen LogP contribution >= 0.6 is 11.3 Å². The second kappa shape index (κ2) is 4.92. The van der Waals surface area contributed by atoms with Gasteiger partial charge >= 0.3 is 5.97 Å². The van der Waals surface area contributed by atoms with E-state index in [1.165, 1.54) is 11.3 Å². The first-order chi connectivity index (χ1) is 7.71. The highest BCUT2D eigenvalue weighted by Gasteiger charge is 2.23. The zero-order chi connectivity index (χ0) is 13.2. The van der Waals surface area contributed by atoms with Crippen LogP contribution in [0.25, 0.3) is 0 Å². The van der Waals surface area contributed by atoms with Crippen LogP contribution in [0.15, 0.2) is 18.2 Å². The second-order valence-electron chi connectivity index (χ2n) is 5.10.